The van der Waals surface area contributed by atoms with E-state index in [9.17, 15) is 9.59 Å². The maximum absolute atomic E-state index is 13.6. The lowest BCUT2D eigenvalue weighted by Gasteiger charge is -2.31. The average Bonchev–Trinajstić information content (AvgIpc) is 2.94. The second-order valence-electron chi connectivity index (χ2n) is 9.13. The number of nitrogens with one attached hydrogen (secondary N) is 1. The van der Waals surface area contributed by atoms with E-state index in [0.29, 0.717) is 36.8 Å². The van der Waals surface area contributed by atoms with Crippen LogP contribution in [0.3, 0.4) is 0 Å². The van der Waals surface area contributed by atoms with E-state index in [1.54, 1.807) is 18.1 Å². The van der Waals surface area contributed by atoms with Crippen molar-refractivity contribution in [1.82, 2.24) is 10.2 Å². The number of ether oxygens (including phenoxy) is 2. The van der Waals surface area contributed by atoms with Crippen LogP contribution < -0.4 is 14.8 Å². The van der Waals surface area contributed by atoms with Crippen LogP contribution in [0.15, 0.2) is 78.9 Å². The molecule has 0 bridgehead atoms. The minimum Gasteiger partial charge on any atom is -0.497 e. The molecule has 1 N–H and O–H groups in total. The zero-order valence-electron chi connectivity index (χ0n) is 22.2. The van der Waals surface area contributed by atoms with Gasteiger partial charge in [0.1, 0.15) is 17.5 Å². The maximum Gasteiger partial charge on any atom is 0.243 e. The lowest BCUT2D eigenvalue weighted by atomic mass is 10.0. The summed E-state index contributed by atoms with van der Waals surface area (Å²) in [4.78, 5) is 28.7. The van der Waals surface area contributed by atoms with Crippen molar-refractivity contribution < 1.29 is 19.1 Å². The second-order valence-corrected chi connectivity index (χ2v) is 9.57. The summed E-state index contributed by atoms with van der Waals surface area (Å²) < 4.78 is 11.0. The van der Waals surface area contributed by atoms with Crippen molar-refractivity contribution in [2.24, 2.45) is 0 Å². The molecule has 1 atom stereocenters. The molecule has 0 radical (unpaired) electrons. The van der Waals surface area contributed by atoms with E-state index < -0.39 is 6.04 Å². The van der Waals surface area contributed by atoms with Gasteiger partial charge in [-0.1, -0.05) is 67.4 Å². The molecule has 0 saturated heterocycles. The first-order valence-corrected chi connectivity index (χ1v) is 13.5. The van der Waals surface area contributed by atoms with Gasteiger partial charge in [-0.25, -0.2) is 0 Å². The van der Waals surface area contributed by atoms with Gasteiger partial charge in [0, 0.05) is 31.0 Å². The number of methoxy groups -OCH3 is 1. The molecule has 2 amide bonds. The molecule has 0 aliphatic carbocycles. The minimum absolute atomic E-state index is 0.102. The summed E-state index contributed by atoms with van der Waals surface area (Å²) in [7, 11) is 1.62. The van der Waals surface area contributed by atoms with Crippen LogP contribution in [0.2, 0.25) is 5.02 Å². The van der Waals surface area contributed by atoms with E-state index in [-0.39, 0.29) is 24.8 Å². The summed E-state index contributed by atoms with van der Waals surface area (Å²) in [6.07, 6.45) is 3.06. The van der Waals surface area contributed by atoms with E-state index >= 15 is 0 Å². The van der Waals surface area contributed by atoms with Crippen molar-refractivity contribution in [3.63, 3.8) is 0 Å². The maximum atomic E-state index is 13.6. The molecule has 38 heavy (non-hydrogen) atoms. The molecule has 0 heterocycles. The van der Waals surface area contributed by atoms with E-state index in [2.05, 4.69) is 12.2 Å². The highest BCUT2D eigenvalue weighted by molar-refractivity contribution is 6.30. The van der Waals surface area contributed by atoms with E-state index in [1.165, 1.54) is 0 Å². The number of unbranched alkanes of at least 4 members (excludes halogenated alkanes) is 1. The average molecular weight is 537 g/mol. The Morgan fingerprint density at radius 3 is 2.32 bits per heavy atom. The number of rotatable bonds is 15. The number of benzene rings is 3. The molecule has 0 aromatic heterocycles. The van der Waals surface area contributed by atoms with Gasteiger partial charge in [-0.2, -0.15) is 0 Å². The first-order chi connectivity index (χ1) is 18.5. The smallest absolute Gasteiger partial charge is 0.243 e. The summed E-state index contributed by atoms with van der Waals surface area (Å²) in [5.74, 6) is 1.22. The first-order valence-electron chi connectivity index (χ1n) is 13.1. The van der Waals surface area contributed by atoms with Crippen LogP contribution in [0.1, 0.15) is 43.7 Å². The predicted octanol–water partition coefficient (Wildman–Crippen LogP) is 6.06. The number of hydrogen-bond acceptors (Lipinski definition) is 4. The molecule has 3 rings (SSSR count). The van der Waals surface area contributed by atoms with Gasteiger partial charge in [-0.3, -0.25) is 9.59 Å². The van der Waals surface area contributed by atoms with Crippen LogP contribution in [0, 0.1) is 0 Å². The molecule has 0 spiro atoms. The second kappa shape index (κ2) is 15.7. The zero-order valence-corrected chi connectivity index (χ0v) is 23.0. The Kier molecular flexibility index (Phi) is 12.0. The third-order valence-corrected chi connectivity index (χ3v) is 6.44. The fourth-order valence-electron chi connectivity index (χ4n) is 4.12. The van der Waals surface area contributed by atoms with Crippen molar-refractivity contribution >= 4 is 23.4 Å². The molecule has 6 nitrogen and oxygen atoms in total. The molecule has 0 aliphatic rings. The molecule has 0 fully saturated rings. The van der Waals surface area contributed by atoms with E-state index in [1.807, 2.05) is 72.8 Å². The Bertz CT molecular complexity index is 1140. The van der Waals surface area contributed by atoms with Crippen LogP contribution in [0.25, 0.3) is 0 Å². The zero-order chi connectivity index (χ0) is 27.2. The van der Waals surface area contributed by atoms with Crippen molar-refractivity contribution in [3.8, 4) is 11.5 Å². The fraction of sp³-hybridized carbons (Fsp3) is 0.355. The van der Waals surface area contributed by atoms with Crippen molar-refractivity contribution in [1.29, 1.82) is 0 Å². The van der Waals surface area contributed by atoms with Gasteiger partial charge < -0.3 is 19.7 Å². The van der Waals surface area contributed by atoms with E-state index in [0.717, 1.165) is 29.7 Å². The summed E-state index contributed by atoms with van der Waals surface area (Å²) >= 11 is 6.24. The molecule has 0 aliphatic heterocycles. The van der Waals surface area contributed by atoms with Gasteiger partial charge in [-0.15, -0.1) is 0 Å². The molecule has 7 heteroatoms. The summed E-state index contributed by atoms with van der Waals surface area (Å²) in [6, 6.07) is 23.9. The topological polar surface area (TPSA) is 67.9 Å². The Morgan fingerprint density at radius 1 is 0.921 bits per heavy atom. The Balaban J connectivity index is 1.75. The third-order valence-electron chi connectivity index (χ3n) is 6.21. The number of halogens is 1. The van der Waals surface area contributed by atoms with Crippen molar-refractivity contribution in [2.75, 3.05) is 20.3 Å². The van der Waals surface area contributed by atoms with Crippen molar-refractivity contribution in [2.45, 2.75) is 51.6 Å². The third kappa shape index (κ3) is 9.42. The number of nitrogens with zero attached hydrogens (tertiary/aromatic N) is 1. The highest BCUT2D eigenvalue weighted by Crippen LogP contribution is 2.20. The lowest BCUT2D eigenvalue weighted by Crippen LogP contribution is -2.50. The van der Waals surface area contributed by atoms with E-state index in [4.69, 9.17) is 21.1 Å². The number of hydrogen-bond donors (Lipinski definition) is 1. The SMILES string of the molecule is CCCCNC(=O)[C@@H](Cc1ccccc1)N(Cc1cccc(Cl)c1)C(=O)CCCOc1ccc(OC)cc1. The number of amides is 2. The summed E-state index contributed by atoms with van der Waals surface area (Å²) in [6.45, 7) is 3.33. The highest BCUT2D eigenvalue weighted by Gasteiger charge is 2.30. The fourth-order valence-corrected chi connectivity index (χ4v) is 4.33. The Morgan fingerprint density at radius 2 is 1.63 bits per heavy atom. The molecule has 0 saturated carbocycles. The molecule has 3 aromatic rings. The molecule has 3 aromatic carbocycles. The standard InChI is InChI=1S/C31H37ClN2O4/c1-3-4-19-33-31(36)29(22-24-10-6-5-7-11-24)34(23-25-12-8-13-26(32)21-25)30(35)14-9-20-38-28-17-15-27(37-2)16-18-28/h5-8,10-13,15-18,21,29H,3-4,9,14,19-20,22-23H2,1-2H3,(H,33,36)/t29-/m1/s1. The molecular weight excluding hydrogens is 500 g/mol. The summed E-state index contributed by atoms with van der Waals surface area (Å²) in [5, 5.41) is 3.63. The number of carbonyl (C=O) groups is 2. The van der Waals surface area contributed by atoms with Crippen LogP contribution in [0.5, 0.6) is 11.5 Å². The van der Waals surface area contributed by atoms with Gasteiger partial charge in [0.15, 0.2) is 0 Å². The normalized spacial score (nSPS) is 11.4. The number of carbonyl (C=O) groups excluding carboxylic acids is 2. The largest absolute Gasteiger partial charge is 0.497 e. The van der Waals surface area contributed by atoms with Crippen LogP contribution >= 0.6 is 11.6 Å². The Labute approximate surface area is 230 Å². The highest BCUT2D eigenvalue weighted by atomic mass is 35.5. The molecule has 202 valence electrons. The first kappa shape index (κ1) is 29.1. The van der Waals surface area contributed by atoms with Gasteiger partial charge in [0.05, 0.1) is 13.7 Å². The monoisotopic (exact) mass is 536 g/mol. The van der Waals surface area contributed by atoms with Gasteiger partial charge in [0.2, 0.25) is 11.8 Å². The predicted molar refractivity (Wildman–Crippen MR) is 152 cm³/mol. The summed E-state index contributed by atoms with van der Waals surface area (Å²) in [5.41, 5.74) is 1.87. The van der Waals surface area contributed by atoms with Crippen LogP contribution in [0.4, 0.5) is 0 Å². The Hall–Kier alpha value is -3.51. The van der Waals surface area contributed by atoms with Gasteiger partial charge in [0.25, 0.3) is 0 Å². The lowest BCUT2D eigenvalue weighted by molar-refractivity contribution is -0.141. The van der Waals surface area contributed by atoms with Crippen molar-refractivity contribution in [3.05, 3.63) is 95.0 Å². The molecular formula is C31H37ClN2O4. The van der Waals surface area contributed by atoms with Crippen LogP contribution in [-0.4, -0.2) is 43.0 Å². The quantitative estimate of drug-likeness (QED) is 0.240. The van der Waals surface area contributed by atoms with Gasteiger partial charge >= 0.3 is 0 Å². The minimum atomic E-state index is -0.650. The molecule has 0 unspecified atom stereocenters. The van der Waals surface area contributed by atoms with Crippen LogP contribution in [-0.2, 0) is 22.6 Å². The van der Waals surface area contributed by atoms with Gasteiger partial charge in [-0.05, 0) is 60.4 Å².